The van der Waals surface area contributed by atoms with Crippen LogP contribution in [-0.2, 0) is 16.1 Å². The maximum Gasteiger partial charge on any atom is 0.332 e. The van der Waals surface area contributed by atoms with E-state index in [1.807, 2.05) is 5.38 Å². The van der Waals surface area contributed by atoms with Gasteiger partial charge in [0.15, 0.2) is 5.54 Å². The molecular formula is C12H15N3O3S2. The molecule has 2 heterocycles. The second-order valence-electron chi connectivity index (χ2n) is 4.54. The third kappa shape index (κ3) is 3.18. The molecule has 0 radical (unpaired) electrons. The Bertz CT molecular complexity index is 570. The second kappa shape index (κ2) is 5.92. The van der Waals surface area contributed by atoms with E-state index < -0.39 is 11.5 Å². The maximum absolute atomic E-state index is 11.2. The molecule has 0 saturated heterocycles. The molecule has 0 fully saturated rings. The molecule has 0 aliphatic carbocycles. The van der Waals surface area contributed by atoms with Gasteiger partial charge in [0, 0.05) is 17.6 Å². The zero-order valence-corrected chi connectivity index (χ0v) is 12.8. The van der Waals surface area contributed by atoms with Crippen molar-refractivity contribution in [2.24, 2.45) is 4.99 Å². The zero-order chi connectivity index (χ0) is 14.8. The molecule has 2 rings (SSSR count). The summed E-state index contributed by atoms with van der Waals surface area (Å²) in [5.74, 6) is -0.532. The molecule has 1 atom stereocenters. The van der Waals surface area contributed by atoms with Crippen LogP contribution >= 0.6 is 23.1 Å². The largest absolute Gasteiger partial charge is 0.479 e. The van der Waals surface area contributed by atoms with Crippen LogP contribution in [0.5, 0.6) is 0 Å². The van der Waals surface area contributed by atoms with Crippen molar-refractivity contribution in [3.8, 4) is 0 Å². The highest BCUT2D eigenvalue weighted by Gasteiger charge is 2.38. The number of hydrogen-bond acceptors (Lipinski definition) is 6. The summed E-state index contributed by atoms with van der Waals surface area (Å²) in [5, 5.41) is 15.2. The molecule has 1 aliphatic heterocycles. The Morgan fingerprint density at radius 3 is 2.90 bits per heavy atom. The minimum atomic E-state index is -1.07. The summed E-state index contributed by atoms with van der Waals surface area (Å²) < 4.78 is 0. The first kappa shape index (κ1) is 15.0. The molecule has 0 spiro atoms. The molecule has 6 nitrogen and oxygen atoms in total. The van der Waals surface area contributed by atoms with Crippen molar-refractivity contribution >= 4 is 40.0 Å². The number of rotatable bonds is 5. The molecule has 0 saturated carbocycles. The quantitative estimate of drug-likeness (QED) is 0.859. The van der Waals surface area contributed by atoms with Gasteiger partial charge in [0.05, 0.1) is 6.54 Å². The van der Waals surface area contributed by atoms with Crippen LogP contribution in [0.15, 0.2) is 10.4 Å². The molecule has 20 heavy (non-hydrogen) atoms. The van der Waals surface area contributed by atoms with Crippen molar-refractivity contribution in [1.29, 1.82) is 0 Å². The average molecular weight is 313 g/mol. The van der Waals surface area contributed by atoms with Crippen LogP contribution in [0, 0.1) is 0 Å². The monoisotopic (exact) mass is 313 g/mol. The molecule has 0 aromatic carbocycles. The summed E-state index contributed by atoms with van der Waals surface area (Å²) >= 11 is 2.83. The van der Waals surface area contributed by atoms with Gasteiger partial charge in [-0.05, 0) is 6.92 Å². The number of aromatic nitrogens is 1. The molecule has 0 unspecified atom stereocenters. The fourth-order valence-corrected chi connectivity index (χ4v) is 3.45. The van der Waals surface area contributed by atoms with Crippen LogP contribution in [-0.4, -0.2) is 38.3 Å². The molecule has 1 amide bonds. The molecule has 8 heteroatoms. The summed E-state index contributed by atoms with van der Waals surface area (Å²) in [5.41, 5.74) is -0.383. The number of nitrogens with one attached hydrogen (secondary N) is 1. The van der Waals surface area contributed by atoms with Gasteiger partial charge in [0.25, 0.3) is 0 Å². The van der Waals surface area contributed by atoms with Gasteiger partial charge in [0.1, 0.15) is 15.7 Å². The Labute approximate surface area is 124 Å². The average Bonchev–Trinajstić information content (AvgIpc) is 3.03. The fraction of sp³-hybridized carbons (Fsp3) is 0.500. The van der Waals surface area contributed by atoms with Gasteiger partial charge in [0.2, 0.25) is 5.91 Å². The van der Waals surface area contributed by atoms with E-state index in [-0.39, 0.29) is 5.91 Å². The van der Waals surface area contributed by atoms with Crippen LogP contribution in [0.3, 0.4) is 0 Å². The fourth-order valence-electron chi connectivity index (χ4n) is 1.53. The van der Waals surface area contributed by atoms with Crippen molar-refractivity contribution in [2.75, 3.05) is 5.75 Å². The van der Waals surface area contributed by atoms with Gasteiger partial charge in [-0.25, -0.2) is 9.78 Å². The van der Waals surface area contributed by atoms with Crippen molar-refractivity contribution in [3.05, 3.63) is 16.1 Å². The number of carboxylic acid groups (broad SMARTS) is 1. The van der Waals surface area contributed by atoms with Gasteiger partial charge in [-0.2, -0.15) is 0 Å². The van der Waals surface area contributed by atoms with Crippen molar-refractivity contribution in [3.63, 3.8) is 0 Å². The lowest BCUT2D eigenvalue weighted by Gasteiger charge is -2.11. The van der Waals surface area contributed by atoms with Crippen molar-refractivity contribution < 1.29 is 14.7 Å². The zero-order valence-electron chi connectivity index (χ0n) is 11.2. The van der Waals surface area contributed by atoms with Crippen LogP contribution < -0.4 is 5.32 Å². The summed E-state index contributed by atoms with van der Waals surface area (Å²) in [6.07, 6.45) is 0.442. The summed E-state index contributed by atoms with van der Waals surface area (Å²) in [6, 6.07) is 0. The molecular weight excluding hydrogens is 298 g/mol. The van der Waals surface area contributed by atoms with Crippen LogP contribution in [0.1, 0.15) is 31.0 Å². The van der Waals surface area contributed by atoms with E-state index in [0.717, 1.165) is 5.01 Å². The Morgan fingerprint density at radius 1 is 1.55 bits per heavy atom. The molecule has 2 N–H and O–H groups in total. The lowest BCUT2D eigenvalue weighted by atomic mass is 10.1. The number of aliphatic imine (C=N–C) groups is 1. The molecule has 1 aromatic rings. The van der Waals surface area contributed by atoms with E-state index >= 15 is 0 Å². The normalized spacial score (nSPS) is 21.6. The highest BCUT2D eigenvalue weighted by Crippen LogP contribution is 2.31. The number of thiazole rings is 1. The summed E-state index contributed by atoms with van der Waals surface area (Å²) in [6.45, 7) is 3.79. The predicted octanol–water partition coefficient (Wildman–Crippen LogP) is 1.51. The standard InChI is InChI=1S/C12H15N3O3S2/c1-3-8(16)13-4-9-14-7(5-19-9)10-15-12(2,6-20-10)11(17)18/h5H,3-4,6H2,1-2H3,(H,13,16)(H,17,18)/t12-/m0/s1. The first-order valence-electron chi connectivity index (χ1n) is 6.12. The molecule has 1 aliphatic rings. The number of thioether (sulfide) groups is 1. The number of carboxylic acids is 1. The highest BCUT2D eigenvalue weighted by molar-refractivity contribution is 8.14. The van der Waals surface area contributed by atoms with Crippen LogP contribution in [0.2, 0.25) is 0 Å². The van der Waals surface area contributed by atoms with E-state index in [1.54, 1.807) is 13.8 Å². The lowest BCUT2D eigenvalue weighted by molar-refractivity contribution is -0.141. The van der Waals surface area contributed by atoms with Crippen LogP contribution in [0.4, 0.5) is 0 Å². The van der Waals surface area contributed by atoms with Gasteiger partial charge >= 0.3 is 5.97 Å². The van der Waals surface area contributed by atoms with E-state index in [4.69, 9.17) is 5.11 Å². The predicted molar refractivity (Wildman–Crippen MR) is 79.3 cm³/mol. The number of carbonyl (C=O) groups excluding carboxylic acids is 1. The third-order valence-electron chi connectivity index (χ3n) is 2.83. The number of hydrogen-bond donors (Lipinski definition) is 2. The third-order valence-corrected chi connectivity index (χ3v) is 4.96. The van der Waals surface area contributed by atoms with E-state index in [9.17, 15) is 9.59 Å². The van der Waals surface area contributed by atoms with E-state index in [1.165, 1.54) is 23.1 Å². The number of amides is 1. The van der Waals surface area contributed by atoms with Gasteiger partial charge in [-0.1, -0.05) is 6.92 Å². The smallest absolute Gasteiger partial charge is 0.332 e. The summed E-state index contributed by atoms with van der Waals surface area (Å²) in [4.78, 5) is 30.9. The minimum Gasteiger partial charge on any atom is -0.479 e. The van der Waals surface area contributed by atoms with E-state index in [0.29, 0.717) is 29.5 Å². The first-order valence-corrected chi connectivity index (χ1v) is 7.98. The van der Waals surface area contributed by atoms with Crippen molar-refractivity contribution in [2.45, 2.75) is 32.4 Å². The first-order chi connectivity index (χ1) is 9.44. The molecule has 1 aromatic heterocycles. The lowest BCUT2D eigenvalue weighted by Crippen LogP contribution is -2.33. The Morgan fingerprint density at radius 2 is 2.30 bits per heavy atom. The molecule has 108 valence electrons. The van der Waals surface area contributed by atoms with Crippen molar-refractivity contribution in [1.82, 2.24) is 10.3 Å². The number of carbonyl (C=O) groups is 2. The minimum absolute atomic E-state index is 0.0206. The molecule has 0 bridgehead atoms. The van der Waals surface area contributed by atoms with Crippen LogP contribution in [0.25, 0.3) is 0 Å². The maximum atomic E-state index is 11.2. The Hall–Kier alpha value is -1.41. The number of aliphatic carboxylic acids is 1. The SMILES string of the molecule is CCC(=O)NCc1nc(C2=N[C@](C)(C(=O)O)CS2)cs1. The summed E-state index contributed by atoms with van der Waals surface area (Å²) in [7, 11) is 0. The highest BCUT2D eigenvalue weighted by atomic mass is 32.2. The number of nitrogens with zero attached hydrogens (tertiary/aromatic N) is 2. The van der Waals surface area contributed by atoms with Gasteiger partial charge in [-0.3, -0.25) is 9.79 Å². The topological polar surface area (TPSA) is 91.7 Å². The van der Waals surface area contributed by atoms with E-state index in [2.05, 4.69) is 15.3 Å². The van der Waals surface area contributed by atoms with Gasteiger partial charge in [-0.15, -0.1) is 23.1 Å². The van der Waals surface area contributed by atoms with Gasteiger partial charge < -0.3 is 10.4 Å². The Balaban J connectivity index is 2.06. The second-order valence-corrected chi connectivity index (χ2v) is 6.45. The Kier molecular flexibility index (Phi) is 4.44.